The molecule has 0 aliphatic rings. The number of hydrogen-bond donors (Lipinski definition) is 3. The predicted octanol–water partition coefficient (Wildman–Crippen LogP) is 4.82. The average molecular weight is 342 g/mol. The molecule has 0 aliphatic heterocycles. The Morgan fingerprint density at radius 3 is 1.17 bits per heavy atom. The van der Waals surface area contributed by atoms with Crippen LogP contribution in [0, 0.1) is 17.3 Å². The summed E-state index contributed by atoms with van der Waals surface area (Å²) in [4.78, 5) is 0. The molecule has 0 heterocycles. The number of unbranched alkanes of at least 4 members (excludes halogenated alkanes) is 1. The van der Waals surface area contributed by atoms with Crippen molar-refractivity contribution in [2.24, 2.45) is 34.5 Å². The fraction of sp³-hybridized carbons (Fsp3) is 1.00. The number of rotatable bonds is 10. The van der Waals surface area contributed by atoms with E-state index in [-0.39, 0.29) is 16.6 Å². The van der Waals surface area contributed by atoms with Gasteiger partial charge in [0, 0.05) is 16.6 Å². The summed E-state index contributed by atoms with van der Waals surface area (Å²) >= 11 is 0. The first-order valence-corrected chi connectivity index (χ1v) is 9.78. The van der Waals surface area contributed by atoms with Gasteiger partial charge in [-0.05, 0) is 84.5 Å². The molecule has 2 unspecified atom stereocenters. The van der Waals surface area contributed by atoms with Crippen LogP contribution in [0.3, 0.4) is 0 Å². The van der Waals surface area contributed by atoms with Crippen LogP contribution in [0.25, 0.3) is 0 Å². The molecule has 0 aromatic rings. The van der Waals surface area contributed by atoms with Gasteiger partial charge in [0.15, 0.2) is 0 Å². The molecule has 0 spiro atoms. The maximum Gasteiger partial charge on any atom is 0.0126 e. The minimum atomic E-state index is -0.172. The first-order valence-electron chi connectivity index (χ1n) is 9.78. The number of hydrogen-bond acceptors (Lipinski definition) is 3. The van der Waals surface area contributed by atoms with E-state index >= 15 is 0 Å². The van der Waals surface area contributed by atoms with Gasteiger partial charge in [0.2, 0.25) is 0 Å². The Bertz CT molecular complexity index is 311. The molecule has 146 valence electrons. The second kappa shape index (κ2) is 8.51. The maximum atomic E-state index is 6.44. The summed E-state index contributed by atoms with van der Waals surface area (Å²) in [6, 6.07) is 0. The quantitative estimate of drug-likeness (QED) is 0.499. The van der Waals surface area contributed by atoms with Crippen LogP contribution in [-0.4, -0.2) is 16.6 Å². The summed E-state index contributed by atoms with van der Waals surface area (Å²) in [6.07, 6.45) is 6.93. The van der Waals surface area contributed by atoms with E-state index in [0.717, 1.165) is 12.8 Å². The fourth-order valence-electron chi connectivity index (χ4n) is 3.63. The van der Waals surface area contributed by atoms with Gasteiger partial charge in [-0.2, -0.15) is 0 Å². The monoisotopic (exact) mass is 341 g/mol. The minimum absolute atomic E-state index is 0.112. The highest BCUT2D eigenvalue weighted by molar-refractivity contribution is 4.89. The van der Waals surface area contributed by atoms with Crippen molar-refractivity contribution in [1.29, 1.82) is 0 Å². The summed E-state index contributed by atoms with van der Waals surface area (Å²) in [5, 5.41) is 0. The molecule has 2 atom stereocenters. The van der Waals surface area contributed by atoms with Crippen LogP contribution in [0.5, 0.6) is 0 Å². The van der Waals surface area contributed by atoms with Crippen molar-refractivity contribution >= 4 is 0 Å². The molecule has 3 nitrogen and oxygen atoms in total. The van der Waals surface area contributed by atoms with Crippen LogP contribution >= 0.6 is 0 Å². The van der Waals surface area contributed by atoms with E-state index in [1.807, 2.05) is 0 Å². The van der Waals surface area contributed by atoms with E-state index < -0.39 is 0 Å². The lowest BCUT2D eigenvalue weighted by Gasteiger charge is -2.37. The van der Waals surface area contributed by atoms with Gasteiger partial charge in [-0.3, -0.25) is 0 Å². The van der Waals surface area contributed by atoms with Gasteiger partial charge < -0.3 is 17.2 Å². The van der Waals surface area contributed by atoms with E-state index in [9.17, 15) is 0 Å². The third kappa shape index (κ3) is 11.4. The molecule has 24 heavy (non-hydrogen) atoms. The summed E-state index contributed by atoms with van der Waals surface area (Å²) in [6.45, 7) is 19.7. The highest BCUT2D eigenvalue weighted by atomic mass is 14.8. The highest BCUT2D eigenvalue weighted by Crippen LogP contribution is 2.34. The normalized spacial score (nSPS) is 17.0. The predicted molar refractivity (Wildman–Crippen MR) is 109 cm³/mol. The zero-order valence-corrected chi connectivity index (χ0v) is 18.1. The molecule has 0 bridgehead atoms. The van der Waals surface area contributed by atoms with Crippen LogP contribution in [0.4, 0.5) is 0 Å². The largest absolute Gasteiger partial charge is 0.326 e. The molecular formula is C21H47N3. The van der Waals surface area contributed by atoms with Crippen LogP contribution < -0.4 is 17.2 Å². The van der Waals surface area contributed by atoms with E-state index in [1.54, 1.807) is 0 Å². The summed E-state index contributed by atoms with van der Waals surface area (Å²) in [5.74, 6) is 1.03. The second-order valence-corrected chi connectivity index (χ2v) is 11.3. The third-order valence-corrected chi connectivity index (χ3v) is 5.09. The standard InChI is InChI=1S/C21H47N3/c1-18(2,3)14-16(20(6,7)23)12-10-11-13-17(21(8,9)24)15-19(4,5)22/h16-17H,10-15,22-24H2,1-9H3. The maximum absolute atomic E-state index is 6.44. The molecule has 0 aromatic carbocycles. The molecule has 0 rings (SSSR count). The first kappa shape index (κ1) is 23.9. The molecular weight excluding hydrogens is 294 g/mol. The lowest BCUT2D eigenvalue weighted by Crippen LogP contribution is -2.46. The fourth-order valence-corrected chi connectivity index (χ4v) is 3.63. The van der Waals surface area contributed by atoms with Gasteiger partial charge in [0.1, 0.15) is 0 Å². The smallest absolute Gasteiger partial charge is 0.0126 e. The van der Waals surface area contributed by atoms with E-state index in [4.69, 9.17) is 17.2 Å². The molecule has 0 fully saturated rings. The topological polar surface area (TPSA) is 78.1 Å². The van der Waals surface area contributed by atoms with Crippen molar-refractivity contribution in [3.8, 4) is 0 Å². The van der Waals surface area contributed by atoms with Crippen molar-refractivity contribution in [1.82, 2.24) is 0 Å². The van der Waals surface area contributed by atoms with Gasteiger partial charge >= 0.3 is 0 Å². The molecule has 3 heteroatoms. The lowest BCUT2D eigenvalue weighted by atomic mass is 9.73. The Labute approximate surface area is 152 Å². The van der Waals surface area contributed by atoms with Gasteiger partial charge in [-0.15, -0.1) is 0 Å². The van der Waals surface area contributed by atoms with Crippen LogP contribution in [0.2, 0.25) is 0 Å². The summed E-state index contributed by atoms with van der Waals surface area (Å²) in [7, 11) is 0. The van der Waals surface area contributed by atoms with Crippen LogP contribution in [0.15, 0.2) is 0 Å². The van der Waals surface area contributed by atoms with Crippen molar-refractivity contribution in [2.45, 2.75) is 117 Å². The zero-order valence-electron chi connectivity index (χ0n) is 18.1. The van der Waals surface area contributed by atoms with Gasteiger partial charge in [-0.25, -0.2) is 0 Å². The van der Waals surface area contributed by atoms with E-state index in [2.05, 4.69) is 62.3 Å². The van der Waals surface area contributed by atoms with Crippen molar-refractivity contribution < 1.29 is 0 Å². The van der Waals surface area contributed by atoms with Gasteiger partial charge in [0.25, 0.3) is 0 Å². The Balaban J connectivity index is 4.59. The molecule has 0 radical (unpaired) electrons. The molecule has 0 amide bonds. The Morgan fingerprint density at radius 1 is 0.583 bits per heavy atom. The van der Waals surface area contributed by atoms with Gasteiger partial charge in [0.05, 0.1) is 0 Å². The molecule has 0 aromatic heterocycles. The Kier molecular flexibility index (Phi) is 8.47. The van der Waals surface area contributed by atoms with Crippen molar-refractivity contribution in [3.63, 3.8) is 0 Å². The Hall–Kier alpha value is -0.120. The Morgan fingerprint density at radius 2 is 0.917 bits per heavy atom. The van der Waals surface area contributed by atoms with Crippen molar-refractivity contribution in [2.75, 3.05) is 0 Å². The average Bonchev–Trinajstić information content (AvgIpc) is 2.25. The zero-order chi connectivity index (χ0) is 19.4. The summed E-state index contributed by atoms with van der Waals surface area (Å²) < 4.78 is 0. The van der Waals surface area contributed by atoms with Crippen LogP contribution in [-0.2, 0) is 0 Å². The molecule has 6 N–H and O–H groups in total. The first-order chi connectivity index (χ1) is 10.4. The summed E-state index contributed by atoms with van der Waals surface area (Å²) in [5.41, 5.74) is 19.0. The second-order valence-electron chi connectivity index (χ2n) is 11.3. The minimum Gasteiger partial charge on any atom is -0.326 e. The number of nitrogens with two attached hydrogens (primary N) is 3. The lowest BCUT2D eigenvalue weighted by molar-refractivity contribution is 0.192. The van der Waals surface area contributed by atoms with Gasteiger partial charge in [-0.1, -0.05) is 33.6 Å². The molecule has 0 saturated carbocycles. The van der Waals surface area contributed by atoms with E-state index in [1.165, 1.54) is 25.7 Å². The van der Waals surface area contributed by atoms with E-state index in [0.29, 0.717) is 17.3 Å². The van der Waals surface area contributed by atoms with Crippen LogP contribution in [0.1, 0.15) is 101 Å². The molecule has 0 saturated heterocycles. The highest BCUT2D eigenvalue weighted by Gasteiger charge is 2.31. The SMILES string of the molecule is CC(C)(C)CC(CCCCC(CC(C)(C)N)C(C)(C)N)C(C)(C)N. The molecule has 0 aliphatic carbocycles. The van der Waals surface area contributed by atoms with Crippen molar-refractivity contribution in [3.05, 3.63) is 0 Å². The third-order valence-electron chi connectivity index (χ3n) is 5.09.